The van der Waals surface area contributed by atoms with Crippen molar-refractivity contribution in [2.75, 3.05) is 6.61 Å². The summed E-state index contributed by atoms with van der Waals surface area (Å²) in [6, 6.07) is 3.36. The van der Waals surface area contributed by atoms with E-state index in [9.17, 15) is 0 Å². The first-order valence-corrected chi connectivity index (χ1v) is 7.06. The number of halogens is 3. The lowest BCUT2D eigenvalue weighted by Gasteiger charge is -2.10. The van der Waals surface area contributed by atoms with Crippen LogP contribution < -0.4 is 4.74 Å². The van der Waals surface area contributed by atoms with Crippen LogP contribution in [0.5, 0.6) is 5.75 Å². The molecule has 0 aromatic heterocycles. The van der Waals surface area contributed by atoms with Gasteiger partial charge in [0.25, 0.3) is 0 Å². The monoisotopic (exact) mass is 294 g/mol. The van der Waals surface area contributed by atoms with Gasteiger partial charge in [-0.25, -0.2) is 0 Å². The van der Waals surface area contributed by atoms with Gasteiger partial charge < -0.3 is 4.74 Å². The molecule has 0 spiro atoms. The largest absolute Gasteiger partial charge is 0.490 e. The molecular formula is C13H17Cl3O. The molecule has 0 fully saturated rings. The van der Waals surface area contributed by atoms with Crippen LogP contribution in [0.3, 0.4) is 0 Å². The van der Waals surface area contributed by atoms with Crippen molar-refractivity contribution in [1.29, 1.82) is 0 Å². The van der Waals surface area contributed by atoms with E-state index in [4.69, 9.17) is 39.5 Å². The molecule has 0 atom stereocenters. The SMILES string of the molecule is CCCCCCCOc1c(Cl)ccc(Cl)c1Cl. The average Bonchev–Trinajstić information content (AvgIpc) is 2.32. The molecule has 4 heteroatoms. The van der Waals surface area contributed by atoms with E-state index in [0.717, 1.165) is 6.42 Å². The van der Waals surface area contributed by atoms with Crippen molar-refractivity contribution < 1.29 is 4.74 Å². The summed E-state index contributed by atoms with van der Waals surface area (Å²) < 4.78 is 5.58. The molecule has 0 radical (unpaired) electrons. The van der Waals surface area contributed by atoms with E-state index in [2.05, 4.69) is 6.92 Å². The molecule has 1 aromatic carbocycles. The Kier molecular flexibility index (Phi) is 7.10. The van der Waals surface area contributed by atoms with Crippen molar-refractivity contribution >= 4 is 34.8 Å². The number of hydrogen-bond acceptors (Lipinski definition) is 1. The van der Waals surface area contributed by atoms with Crippen LogP contribution in [0.1, 0.15) is 39.0 Å². The van der Waals surface area contributed by atoms with Gasteiger partial charge in [0.2, 0.25) is 0 Å². The lowest BCUT2D eigenvalue weighted by molar-refractivity contribution is 0.305. The van der Waals surface area contributed by atoms with Crippen LogP contribution in [-0.2, 0) is 0 Å². The van der Waals surface area contributed by atoms with E-state index < -0.39 is 0 Å². The topological polar surface area (TPSA) is 9.23 Å². The fourth-order valence-electron chi connectivity index (χ4n) is 1.52. The molecule has 0 aliphatic rings. The predicted molar refractivity (Wildman–Crippen MR) is 75.7 cm³/mol. The minimum absolute atomic E-state index is 0.396. The van der Waals surface area contributed by atoms with Crippen molar-refractivity contribution in [2.45, 2.75) is 39.0 Å². The molecule has 0 aliphatic carbocycles. The van der Waals surface area contributed by atoms with Crippen LogP contribution in [-0.4, -0.2) is 6.61 Å². The number of hydrogen-bond donors (Lipinski definition) is 0. The Morgan fingerprint density at radius 3 is 2.29 bits per heavy atom. The molecule has 1 rings (SSSR count). The zero-order valence-corrected chi connectivity index (χ0v) is 12.2. The second kappa shape index (κ2) is 8.07. The third-order valence-electron chi connectivity index (χ3n) is 2.50. The molecular weight excluding hydrogens is 279 g/mol. The Labute approximate surface area is 118 Å². The van der Waals surface area contributed by atoms with Gasteiger partial charge in [-0.3, -0.25) is 0 Å². The van der Waals surface area contributed by atoms with Gasteiger partial charge in [0.05, 0.1) is 16.7 Å². The Bertz CT molecular complexity index is 353. The smallest absolute Gasteiger partial charge is 0.157 e. The average molecular weight is 296 g/mol. The molecule has 0 saturated heterocycles. The Hall–Kier alpha value is -0.110. The Morgan fingerprint density at radius 2 is 1.59 bits per heavy atom. The predicted octanol–water partition coefficient (Wildman–Crippen LogP) is 6.00. The molecule has 0 N–H and O–H groups in total. The lowest BCUT2D eigenvalue weighted by atomic mass is 10.2. The van der Waals surface area contributed by atoms with E-state index >= 15 is 0 Å². The maximum absolute atomic E-state index is 6.02. The fraction of sp³-hybridized carbons (Fsp3) is 0.538. The van der Waals surface area contributed by atoms with Gasteiger partial charge in [0.1, 0.15) is 5.02 Å². The van der Waals surface area contributed by atoms with Crippen molar-refractivity contribution in [2.24, 2.45) is 0 Å². The van der Waals surface area contributed by atoms with Gasteiger partial charge >= 0.3 is 0 Å². The number of unbranched alkanes of at least 4 members (excludes halogenated alkanes) is 4. The second-order valence-electron chi connectivity index (χ2n) is 3.93. The van der Waals surface area contributed by atoms with Crippen LogP contribution in [0, 0.1) is 0 Å². The quantitative estimate of drug-likeness (QED) is 0.443. The molecule has 1 aromatic rings. The highest BCUT2D eigenvalue weighted by Crippen LogP contribution is 2.37. The summed E-state index contributed by atoms with van der Waals surface area (Å²) in [5, 5.41) is 1.37. The van der Waals surface area contributed by atoms with E-state index in [1.165, 1.54) is 25.7 Å². The minimum atomic E-state index is 0.396. The van der Waals surface area contributed by atoms with E-state index in [1.807, 2.05) is 0 Å². The molecule has 96 valence electrons. The molecule has 17 heavy (non-hydrogen) atoms. The van der Waals surface area contributed by atoms with Gasteiger partial charge in [-0.05, 0) is 18.6 Å². The van der Waals surface area contributed by atoms with E-state index in [0.29, 0.717) is 27.4 Å². The summed E-state index contributed by atoms with van der Waals surface area (Å²) in [5.74, 6) is 0.497. The third kappa shape index (κ3) is 4.95. The van der Waals surface area contributed by atoms with E-state index in [-0.39, 0.29) is 0 Å². The summed E-state index contributed by atoms with van der Waals surface area (Å²) in [6.45, 7) is 2.82. The van der Waals surface area contributed by atoms with Crippen LogP contribution in [0.4, 0.5) is 0 Å². The molecule has 0 unspecified atom stereocenters. The van der Waals surface area contributed by atoms with Crippen LogP contribution in [0.25, 0.3) is 0 Å². The van der Waals surface area contributed by atoms with Gasteiger partial charge in [-0.1, -0.05) is 67.4 Å². The lowest BCUT2D eigenvalue weighted by Crippen LogP contribution is -1.98. The summed E-state index contributed by atoms with van der Waals surface area (Å²) in [5.41, 5.74) is 0. The van der Waals surface area contributed by atoms with Crippen LogP contribution in [0.15, 0.2) is 12.1 Å². The second-order valence-corrected chi connectivity index (χ2v) is 5.13. The highest BCUT2D eigenvalue weighted by molar-refractivity contribution is 6.44. The van der Waals surface area contributed by atoms with Crippen molar-refractivity contribution in [3.8, 4) is 5.75 Å². The number of rotatable bonds is 7. The molecule has 0 aliphatic heterocycles. The van der Waals surface area contributed by atoms with Gasteiger partial charge in [-0.2, -0.15) is 0 Å². The standard InChI is InChI=1S/C13H17Cl3O/c1-2-3-4-5-6-9-17-13-11(15)8-7-10(14)12(13)16/h7-8H,2-6,9H2,1H3. The molecule has 0 bridgehead atoms. The summed E-state index contributed by atoms with van der Waals surface area (Å²) in [7, 11) is 0. The summed E-state index contributed by atoms with van der Waals surface area (Å²) >= 11 is 17.9. The number of benzene rings is 1. The normalized spacial score (nSPS) is 10.6. The molecule has 0 heterocycles. The van der Waals surface area contributed by atoms with Crippen LogP contribution in [0.2, 0.25) is 15.1 Å². The summed E-state index contributed by atoms with van der Waals surface area (Å²) in [6.07, 6.45) is 5.95. The van der Waals surface area contributed by atoms with Crippen LogP contribution >= 0.6 is 34.8 Å². The third-order valence-corrected chi connectivity index (χ3v) is 3.58. The van der Waals surface area contributed by atoms with Gasteiger partial charge in [-0.15, -0.1) is 0 Å². The van der Waals surface area contributed by atoms with Gasteiger partial charge in [0, 0.05) is 0 Å². The zero-order chi connectivity index (χ0) is 12.7. The first-order valence-electron chi connectivity index (χ1n) is 5.93. The van der Waals surface area contributed by atoms with E-state index in [1.54, 1.807) is 12.1 Å². The molecule has 0 amide bonds. The highest BCUT2D eigenvalue weighted by atomic mass is 35.5. The van der Waals surface area contributed by atoms with Crippen molar-refractivity contribution in [3.63, 3.8) is 0 Å². The Morgan fingerprint density at radius 1 is 0.941 bits per heavy atom. The first kappa shape index (κ1) is 14.9. The van der Waals surface area contributed by atoms with Gasteiger partial charge in [0.15, 0.2) is 5.75 Å². The first-order chi connectivity index (χ1) is 8.16. The summed E-state index contributed by atoms with van der Waals surface area (Å²) in [4.78, 5) is 0. The maximum Gasteiger partial charge on any atom is 0.157 e. The Balaban J connectivity index is 2.39. The zero-order valence-electron chi connectivity index (χ0n) is 9.94. The highest BCUT2D eigenvalue weighted by Gasteiger charge is 2.10. The fourth-order valence-corrected chi connectivity index (χ4v) is 2.15. The molecule has 1 nitrogen and oxygen atoms in total. The minimum Gasteiger partial charge on any atom is -0.490 e. The molecule has 0 saturated carbocycles. The van der Waals surface area contributed by atoms with Crippen molar-refractivity contribution in [3.05, 3.63) is 27.2 Å². The van der Waals surface area contributed by atoms with Crippen molar-refractivity contribution in [1.82, 2.24) is 0 Å². The number of ether oxygens (including phenoxy) is 1. The maximum atomic E-state index is 6.02.